The third kappa shape index (κ3) is 1.16. The molecule has 0 amide bonds. The zero-order valence-electron chi connectivity index (χ0n) is 7.99. The Hall–Kier alpha value is -0.760. The molecule has 2 N–H and O–H groups in total. The number of rotatable bonds is 0. The van der Waals surface area contributed by atoms with Gasteiger partial charge in [-0.2, -0.15) is 0 Å². The first kappa shape index (κ1) is 7.87. The van der Waals surface area contributed by atoms with Crippen molar-refractivity contribution in [3.63, 3.8) is 0 Å². The van der Waals surface area contributed by atoms with Crippen molar-refractivity contribution in [3.8, 4) is 0 Å². The molecule has 0 saturated carbocycles. The first-order chi connectivity index (χ1) is 5.57. The maximum atomic E-state index is 3.47. The molecule has 2 heteroatoms. The predicted octanol–water partition coefficient (Wildman–Crippen LogP) is 1.92. The number of hydrogen-bond acceptors (Lipinski definition) is 1. The van der Waals surface area contributed by atoms with Crippen LogP contribution in [0.4, 0.5) is 0 Å². The van der Waals surface area contributed by atoms with Crippen LogP contribution in [0.2, 0.25) is 0 Å². The van der Waals surface area contributed by atoms with Crippen molar-refractivity contribution < 1.29 is 0 Å². The Morgan fingerprint density at radius 2 is 2.00 bits per heavy atom. The van der Waals surface area contributed by atoms with E-state index in [1.807, 2.05) is 0 Å². The number of H-pyrrole nitrogens is 1. The summed E-state index contributed by atoms with van der Waals surface area (Å²) < 4.78 is 0. The van der Waals surface area contributed by atoms with Crippen LogP contribution < -0.4 is 5.32 Å². The zero-order valence-corrected chi connectivity index (χ0v) is 7.99. The summed E-state index contributed by atoms with van der Waals surface area (Å²) in [5.41, 5.74) is 4.43. The normalized spacial score (nSPS) is 16.6. The molecule has 1 aromatic rings. The Morgan fingerprint density at radius 1 is 1.25 bits per heavy atom. The van der Waals surface area contributed by atoms with Crippen LogP contribution in [0, 0.1) is 0 Å². The Bertz CT molecular complexity index is 270. The van der Waals surface area contributed by atoms with Gasteiger partial charge < -0.3 is 10.3 Å². The van der Waals surface area contributed by atoms with Gasteiger partial charge in [-0.25, -0.2) is 0 Å². The van der Waals surface area contributed by atoms with Crippen molar-refractivity contribution in [2.24, 2.45) is 0 Å². The van der Waals surface area contributed by atoms with Crippen LogP contribution in [0.3, 0.4) is 0 Å². The smallest absolute Gasteiger partial charge is 0.0363 e. The molecule has 1 aromatic heterocycles. The van der Waals surface area contributed by atoms with Crippen LogP contribution in [-0.4, -0.2) is 4.98 Å². The van der Waals surface area contributed by atoms with Gasteiger partial charge in [0, 0.05) is 29.9 Å². The monoisotopic (exact) mass is 164 g/mol. The highest BCUT2D eigenvalue weighted by atomic mass is 14.9. The van der Waals surface area contributed by atoms with Crippen LogP contribution >= 0.6 is 0 Å². The molecule has 2 nitrogen and oxygen atoms in total. The lowest BCUT2D eigenvalue weighted by atomic mass is 9.92. The van der Waals surface area contributed by atoms with Crippen molar-refractivity contribution in [2.45, 2.75) is 39.3 Å². The molecule has 0 spiro atoms. The minimum absolute atomic E-state index is 0.254. The van der Waals surface area contributed by atoms with Gasteiger partial charge >= 0.3 is 0 Å². The van der Waals surface area contributed by atoms with E-state index >= 15 is 0 Å². The molecule has 0 unspecified atom stereocenters. The van der Waals surface area contributed by atoms with Crippen LogP contribution in [0.25, 0.3) is 0 Å². The largest absolute Gasteiger partial charge is 0.360 e. The molecule has 2 rings (SSSR count). The molecule has 0 radical (unpaired) electrons. The van der Waals surface area contributed by atoms with Gasteiger partial charge in [0.2, 0.25) is 0 Å². The highest BCUT2D eigenvalue weighted by Gasteiger charge is 2.20. The fourth-order valence-electron chi connectivity index (χ4n) is 1.58. The molecule has 0 saturated heterocycles. The van der Waals surface area contributed by atoms with Gasteiger partial charge in [0.25, 0.3) is 0 Å². The molecule has 1 aliphatic heterocycles. The van der Waals surface area contributed by atoms with Crippen molar-refractivity contribution in [3.05, 3.63) is 23.0 Å². The summed E-state index contributed by atoms with van der Waals surface area (Å²) in [4.78, 5) is 3.47. The van der Waals surface area contributed by atoms with Gasteiger partial charge in [0.05, 0.1) is 0 Å². The molecule has 0 fully saturated rings. The summed E-state index contributed by atoms with van der Waals surface area (Å²) >= 11 is 0. The molecule has 0 aromatic carbocycles. The van der Waals surface area contributed by atoms with E-state index in [-0.39, 0.29) is 5.41 Å². The van der Waals surface area contributed by atoms with Crippen molar-refractivity contribution >= 4 is 0 Å². The SMILES string of the molecule is CC(C)(C)c1cc2c([nH]1)CNC2. The molecule has 2 heterocycles. The van der Waals surface area contributed by atoms with E-state index in [1.54, 1.807) is 0 Å². The molecule has 66 valence electrons. The van der Waals surface area contributed by atoms with Gasteiger partial charge in [-0.05, 0) is 11.6 Å². The Labute approximate surface area is 73.4 Å². The zero-order chi connectivity index (χ0) is 8.77. The lowest BCUT2D eigenvalue weighted by Crippen LogP contribution is -2.12. The van der Waals surface area contributed by atoms with E-state index in [9.17, 15) is 0 Å². The van der Waals surface area contributed by atoms with E-state index in [0.717, 1.165) is 13.1 Å². The minimum atomic E-state index is 0.254. The molecule has 0 aliphatic carbocycles. The molecule has 0 atom stereocenters. The quantitative estimate of drug-likeness (QED) is 0.602. The standard InChI is InChI=1S/C10H16N2/c1-10(2,3)9-4-7-5-11-6-8(7)12-9/h4,11-12H,5-6H2,1-3H3. The fourth-order valence-corrected chi connectivity index (χ4v) is 1.58. The van der Waals surface area contributed by atoms with Crippen LogP contribution in [0.15, 0.2) is 6.07 Å². The Balaban J connectivity index is 2.38. The second-order valence-electron chi connectivity index (χ2n) is 4.54. The summed E-state index contributed by atoms with van der Waals surface area (Å²) in [6, 6.07) is 2.29. The van der Waals surface area contributed by atoms with Gasteiger partial charge in [-0.15, -0.1) is 0 Å². The van der Waals surface area contributed by atoms with Crippen LogP contribution in [-0.2, 0) is 18.5 Å². The Morgan fingerprint density at radius 3 is 2.58 bits per heavy atom. The second-order valence-corrected chi connectivity index (χ2v) is 4.54. The third-order valence-corrected chi connectivity index (χ3v) is 2.42. The van der Waals surface area contributed by atoms with Crippen LogP contribution in [0.1, 0.15) is 37.7 Å². The molecule has 1 aliphatic rings. The molecular weight excluding hydrogens is 148 g/mol. The van der Waals surface area contributed by atoms with Crippen molar-refractivity contribution in [2.75, 3.05) is 0 Å². The first-order valence-electron chi connectivity index (χ1n) is 4.49. The summed E-state index contributed by atoms with van der Waals surface area (Å²) in [5.74, 6) is 0. The fraction of sp³-hybridized carbons (Fsp3) is 0.600. The number of aromatic amines is 1. The summed E-state index contributed by atoms with van der Waals surface area (Å²) in [6.45, 7) is 8.75. The van der Waals surface area contributed by atoms with Gasteiger partial charge in [0.15, 0.2) is 0 Å². The number of nitrogens with one attached hydrogen (secondary N) is 2. The minimum Gasteiger partial charge on any atom is -0.360 e. The highest BCUT2D eigenvalue weighted by molar-refractivity contribution is 5.31. The van der Waals surface area contributed by atoms with Crippen molar-refractivity contribution in [1.29, 1.82) is 0 Å². The maximum absolute atomic E-state index is 3.47. The van der Waals surface area contributed by atoms with Crippen LogP contribution in [0.5, 0.6) is 0 Å². The van der Waals surface area contributed by atoms with Gasteiger partial charge in [-0.3, -0.25) is 0 Å². The average Bonchev–Trinajstić information content (AvgIpc) is 2.37. The molecule has 0 bridgehead atoms. The average molecular weight is 164 g/mol. The third-order valence-electron chi connectivity index (χ3n) is 2.42. The van der Waals surface area contributed by atoms with Gasteiger partial charge in [0.1, 0.15) is 0 Å². The van der Waals surface area contributed by atoms with E-state index in [2.05, 4.69) is 37.1 Å². The van der Waals surface area contributed by atoms with E-state index < -0.39 is 0 Å². The molecule has 12 heavy (non-hydrogen) atoms. The summed E-state index contributed by atoms with van der Waals surface area (Å²) in [5, 5.41) is 3.32. The molecular formula is C10H16N2. The van der Waals surface area contributed by atoms with E-state index in [0.29, 0.717) is 0 Å². The Kier molecular flexibility index (Phi) is 1.55. The van der Waals surface area contributed by atoms with Gasteiger partial charge in [-0.1, -0.05) is 20.8 Å². The van der Waals surface area contributed by atoms with E-state index in [4.69, 9.17) is 0 Å². The topological polar surface area (TPSA) is 27.8 Å². The summed E-state index contributed by atoms with van der Waals surface area (Å²) in [7, 11) is 0. The number of fused-ring (bicyclic) bond motifs is 1. The predicted molar refractivity (Wildman–Crippen MR) is 50.0 cm³/mol. The lowest BCUT2D eigenvalue weighted by Gasteiger charge is -2.16. The first-order valence-corrected chi connectivity index (χ1v) is 4.49. The number of aromatic nitrogens is 1. The van der Waals surface area contributed by atoms with E-state index in [1.165, 1.54) is 17.0 Å². The maximum Gasteiger partial charge on any atom is 0.0363 e. The lowest BCUT2D eigenvalue weighted by molar-refractivity contribution is 0.568. The summed E-state index contributed by atoms with van der Waals surface area (Å²) in [6.07, 6.45) is 0. The van der Waals surface area contributed by atoms with Crippen molar-refractivity contribution in [1.82, 2.24) is 10.3 Å². The number of hydrogen-bond donors (Lipinski definition) is 2. The second kappa shape index (κ2) is 2.36. The highest BCUT2D eigenvalue weighted by Crippen LogP contribution is 2.25.